The van der Waals surface area contributed by atoms with Gasteiger partial charge in [-0.15, -0.1) is 0 Å². The molecule has 10 nitrogen and oxygen atoms in total. The second-order valence-electron chi connectivity index (χ2n) is 7.97. The summed E-state index contributed by atoms with van der Waals surface area (Å²) in [7, 11) is -3.78. The zero-order chi connectivity index (χ0) is 24.3. The van der Waals surface area contributed by atoms with Crippen molar-refractivity contribution in [2.75, 3.05) is 39.7 Å². The van der Waals surface area contributed by atoms with Gasteiger partial charge in [0.15, 0.2) is 18.1 Å². The Kier molecular flexibility index (Phi) is 7.05. The van der Waals surface area contributed by atoms with Crippen molar-refractivity contribution in [1.29, 1.82) is 0 Å². The van der Waals surface area contributed by atoms with Crippen LogP contribution in [0.3, 0.4) is 0 Å². The molecule has 1 amide bonds. The largest absolute Gasteiger partial charge is 0.454 e. The van der Waals surface area contributed by atoms with Crippen LogP contribution in [0, 0.1) is 6.92 Å². The predicted molar refractivity (Wildman–Crippen MR) is 120 cm³/mol. The molecule has 1 fully saturated rings. The fraction of sp³-hybridized carbons (Fsp3) is 0.391. The van der Waals surface area contributed by atoms with E-state index in [9.17, 15) is 18.0 Å². The Morgan fingerprint density at radius 3 is 2.59 bits per heavy atom. The van der Waals surface area contributed by atoms with Crippen molar-refractivity contribution >= 4 is 21.9 Å². The highest BCUT2D eigenvalue weighted by Gasteiger charge is 2.28. The number of aryl methyl sites for hydroxylation is 1. The van der Waals surface area contributed by atoms with Crippen LogP contribution in [-0.2, 0) is 24.3 Å². The van der Waals surface area contributed by atoms with Crippen LogP contribution in [0.4, 0.5) is 0 Å². The summed E-state index contributed by atoms with van der Waals surface area (Å²) >= 11 is 0. The summed E-state index contributed by atoms with van der Waals surface area (Å²) in [5.41, 5.74) is 1.37. The maximum Gasteiger partial charge on any atom is 0.338 e. The number of carbonyl (C=O) groups is 2. The molecule has 0 unspecified atom stereocenters. The number of amides is 1. The van der Waals surface area contributed by atoms with E-state index in [2.05, 4.69) is 5.32 Å². The van der Waals surface area contributed by atoms with Crippen molar-refractivity contribution < 1.29 is 37.0 Å². The van der Waals surface area contributed by atoms with Gasteiger partial charge in [0.2, 0.25) is 16.8 Å². The standard InChI is InChI=1S/C23H26N2O8S/c1-15-3-4-18(12-21(15)34(28,29)25-7-9-30-10-8-25)23(27)31-13-22(26)24-16(2)17-5-6-19-20(11-17)33-14-32-19/h3-6,11-12,16H,7-10,13-14H2,1-2H3,(H,24,26)/t16-/m1/s1. The van der Waals surface area contributed by atoms with E-state index in [1.165, 1.54) is 16.4 Å². The van der Waals surface area contributed by atoms with Gasteiger partial charge in [0.1, 0.15) is 0 Å². The zero-order valence-corrected chi connectivity index (χ0v) is 19.7. The zero-order valence-electron chi connectivity index (χ0n) is 18.9. The highest BCUT2D eigenvalue weighted by molar-refractivity contribution is 7.89. The lowest BCUT2D eigenvalue weighted by Gasteiger charge is -2.26. The fourth-order valence-electron chi connectivity index (χ4n) is 3.69. The van der Waals surface area contributed by atoms with Gasteiger partial charge in [0, 0.05) is 13.1 Å². The third kappa shape index (κ3) is 5.16. The van der Waals surface area contributed by atoms with E-state index in [0.717, 1.165) is 5.56 Å². The number of esters is 1. The molecule has 2 aromatic carbocycles. The summed E-state index contributed by atoms with van der Waals surface area (Å²) in [6.07, 6.45) is 0. The summed E-state index contributed by atoms with van der Waals surface area (Å²) in [6, 6.07) is 9.31. The van der Waals surface area contributed by atoms with E-state index >= 15 is 0 Å². The van der Waals surface area contributed by atoms with Crippen LogP contribution in [0.1, 0.15) is 34.5 Å². The van der Waals surface area contributed by atoms with Gasteiger partial charge in [-0.3, -0.25) is 4.79 Å². The maximum atomic E-state index is 13.0. The number of hydrogen-bond acceptors (Lipinski definition) is 8. The maximum absolute atomic E-state index is 13.0. The van der Waals surface area contributed by atoms with E-state index in [-0.39, 0.29) is 36.4 Å². The van der Waals surface area contributed by atoms with Gasteiger partial charge in [-0.1, -0.05) is 12.1 Å². The fourth-order valence-corrected chi connectivity index (χ4v) is 5.35. The molecule has 1 N–H and O–H groups in total. The van der Waals surface area contributed by atoms with Crippen LogP contribution < -0.4 is 14.8 Å². The minimum absolute atomic E-state index is 0.0322. The van der Waals surface area contributed by atoms with Crippen LogP contribution in [0.25, 0.3) is 0 Å². The first-order valence-electron chi connectivity index (χ1n) is 10.8. The molecule has 2 aliphatic rings. The second kappa shape index (κ2) is 10.00. The van der Waals surface area contributed by atoms with E-state index in [0.29, 0.717) is 30.3 Å². The number of hydrogen-bond donors (Lipinski definition) is 1. The molecule has 2 aliphatic heterocycles. The summed E-state index contributed by atoms with van der Waals surface area (Å²) in [4.78, 5) is 24.9. The molecule has 0 aromatic heterocycles. The van der Waals surface area contributed by atoms with Crippen molar-refractivity contribution in [1.82, 2.24) is 9.62 Å². The summed E-state index contributed by atoms with van der Waals surface area (Å²) < 4.78 is 48.3. The third-order valence-electron chi connectivity index (χ3n) is 5.62. The summed E-state index contributed by atoms with van der Waals surface area (Å²) in [5.74, 6) is -0.0346. The Morgan fingerprint density at radius 1 is 1.09 bits per heavy atom. The number of fused-ring (bicyclic) bond motifs is 1. The van der Waals surface area contributed by atoms with E-state index in [1.807, 2.05) is 6.07 Å². The molecule has 0 spiro atoms. The Labute approximate surface area is 197 Å². The number of carbonyl (C=O) groups excluding carboxylic acids is 2. The molecule has 0 saturated carbocycles. The molecular formula is C23H26N2O8S. The molecule has 0 radical (unpaired) electrons. The second-order valence-corrected chi connectivity index (χ2v) is 9.88. The lowest BCUT2D eigenvalue weighted by molar-refractivity contribution is -0.124. The molecule has 4 rings (SSSR count). The Balaban J connectivity index is 1.37. The molecule has 182 valence electrons. The highest BCUT2D eigenvalue weighted by Crippen LogP contribution is 2.34. The van der Waals surface area contributed by atoms with Crippen molar-refractivity contribution in [2.45, 2.75) is 24.8 Å². The van der Waals surface area contributed by atoms with Crippen LogP contribution in [0.5, 0.6) is 11.5 Å². The van der Waals surface area contributed by atoms with Crippen LogP contribution in [-0.4, -0.2) is 64.3 Å². The van der Waals surface area contributed by atoms with Crippen LogP contribution in [0.2, 0.25) is 0 Å². The number of nitrogens with zero attached hydrogens (tertiary/aromatic N) is 1. The molecule has 34 heavy (non-hydrogen) atoms. The Bertz CT molecular complexity index is 1190. The van der Waals surface area contributed by atoms with Crippen LogP contribution in [0.15, 0.2) is 41.3 Å². The minimum Gasteiger partial charge on any atom is -0.454 e. The van der Waals surface area contributed by atoms with Gasteiger partial charge in [-0.05, 0) is 49.2 Å². The van der Waals surface area contributed by atoms with Gasteiger partial charge in [0.25, 0.3) is 5.91 Å². The van der Waals surface area contributed by atoms with Gasteiger partial charge in [-0.2, -0.15) is 4.31 Å². The normalized spacial score (nSPS) is 16.6. The predicted octanol–water partition coefficient (Wildman–Crippen LogP) is 1.78. The number of benzene rings is 2. The monoisotopic (exact) mass is 490 g/mol. The number of nitrogens with one attached hydrogen (secondary N) is 1. The van der Waals surface area contributed by atoms with Crippen molar-refractivity contribution in [3.05, 3.63) is 53.1 Å². The van der Waals surface area contributed by atoms with Crippen molar-refractivity contribution in [3.63, 3.8) is 0 Å². The smallest absolute Gasteiger partial charge is 0.338 e. The van der Waals surface area contributed by atoms with Crippen LogP contribution >= 0.6 is 0 Å². The lowest BCUT2D eigenvalue weighted by Crippen LogP contribution is -2.40. The first-order valence-corrected chi connectivity index (χ1v) is 12.2. The number of morpholine rings is 1. The number of sulfonamides is 1. The minimum atomic E-state index is -3.78. The SMILES string of the molecule is Cc1ccc(C(=O)OCC(=O)N[C@H](C)c2ccc3c(c2)OCO3)cc1S(=O)(=O)N1CCOCC1. The Morgan fingerprint density at radius 2 is 1.82 bits per heavy atom. The topological polar surface area (TPSA) is 120 Å². The highest BCUT2D eigenvalue weighted by atomic mass is 32.2. The molecule has 0 aliphatic carbocycles. The van der Waals surface area contributed by atoms with E-state index < -0.39 is 28.5 Å². The average Bonchev–Trinajstić information content (AvgIpc) is 3.31. The third-order valence-corrected chi connectivity index (χ3v) is 7.66. The van der Waals surface area contributed by atoms with Gasteiger partial charge in [0.05, 0.1) is 29.7 Å². The Hall–Kier alpha value is -3.15. The molecule has 2 aromatic rings. The molecule has 11 heteroatoms. The molecular weight excluding hydrogens is 464 g/mol. The van der Waals surface area contributed by atoms with E-state index in [1.54, 1.807) is 32.0 Å². The molecule has 1 saturated heterocycles. The number of ether oxygens (including phenoxy) is 4. The molecule has 1 atom stereocenters. The van der Waals surface area contributed by atoms with E-state index in [4.69, 9.17) is 18.9 Å². The summed E-state index contributed by atoms with van der Waals surface area (Å²) in [5, 5.41) is 2.76. The van der Waals surface area contributed by atoms with Gasteiger partial charge < -0.3 is 24.3 Å². The van der Waals surface area contributed by atoms with Crippen molar-refractivity contribution in [2.24, 2.45) is 0 Å². The molecule has 2 heterocycles. The molecule has 0 bridgehead atoms. The first kappa shape index (κ1) is 24.0. The quantitative estimate of drug-likeness (QED) is 0.583. The first-order chi connectivity index (χ1) is 16.3. The summed E-state index contributed by atoms with van der Waals surface area (Å²) in [6.45, 7) is 4.24. The van der Waals surface area contributed by atoms with Crippen molar-refractivity contribution in [3.8, 4) is 11.5 Å². The lowest BCUT2D eigenvalue weighted by atomic mass is 10.1. The average molecular weight is 491 g/mol. The van der Waals surface area contributed by atoms with Gasteiger partial charge in [-0.25, -0.2) is 13.2 Å². The van der Waals surface area contributed by atoms with Gasteiger partial charge >= 0.3 is 5.97 Å². The number of rotatable bonds is 7.